The first kappa shape index (κ1) is 13.5. The van der Waals surface area contributed by atoms with Crippen LogP contribution in [0.15, 0.2) is 0 Å². The molecule has 0 amide bonds. The van der Waals surface area contributed by atoms with Crippen molar-refractivity contribution in [2.45, 2.75) is 45.8 Å². The molecule has 3 heteroatoms. The highest BCUT2D eigenvalue weighted by Crippen LogP contribution is 1.83. The van der Waals surface area contributed by atoms with Gasteiger partial charge in [0, 0.05) is 0 Å². The van der Waals surface area contributed by atoms with E-state index in [2.05, 4.69) is 0 Å². The Morgan fingerprint density at radius 1 is 1.09 bits per heavy atom. The van der Waals surface area contributed by atoms with Crippen LogP contribution in [-0.2, 0) is 0 Å². The molecule has 3 nitrogen and oxygen atoms in total. The molecule has 0 heterocycles. The zero-order valence-corrected chi connectivity index (χ0v) is 7.62. The number of aliphatic hydroxyl groups excluding tert-OH is 3. The predicted octanol–water partition coefficient (Wildman–Crippen LogP) is 0.527. The van der Waals surface area contributed by atoms with Gasteiger partial charge in [-0.25, -0.2) is 0 Å². The fraction of sp³-hybridized carbons (Fsp3) is 1.00. The topological polar surface area (TPSA) is 60.7 Å². The van der Waals surface area contributed by atoms with Gasteiger partial charge in [-0.05, 0) is 19.8 Å². The minimum atomic E-state index is -0.509. The molecular formula is C8H20O3. The van der Waals surface area contributed by atoms with E-state index >= 15 is 0 Å². The average Bonchev–Trinajstić information content (AvgIpc) is 2.04. The van der Waals surface area contributed by atoms with Crippen LogP contribution in [-0.4, -0.2) is 34.1 Å². The molecule has 2 atom stereocenters. The van der Waals surface area contributed by atoms with Crippen molar-refractivity contribution in [3.05, 3.63) is 0 Å². The van der Waals surface area contributed by atoms with Crippen LogP contribution in [0.3, 0.4) is 0 Å². The molecule has 0 aliphatic carbocycles. The molecule has 2 unspecified atom stereocenters. The first-order chi connectivity index (χ1) is 5.08. The summed E-state index contributed by atoms with van der Waals surface area (Å²) in [7, 11) is 0. The van der Waals surface area contributed by atoms with Crippen molar-refractivity contribution < 1.29 is 15.3 Å². The van der Waals surface area contributed by atoms with Gasteiger partial charge in [0.25, 0.3) is 0 Å². The van der Waals surface area contributed by atoms with Crippen molar-refractivity contribution in [2.24, 2.45) is 0 Å². The van der Waals surface area contributed by atoms with Crippen molar-refractivity contribution in [3.8, 4) is 0 Å². The van der Waals surface area contributed by atoms with Gasteiger partial charge in [0.1, 0.15) is 0 Å². The summed E-state index contributed by atoms with van der Waals surface area (Å²) in [5.41, 5.74) is 0. The Morgan fingerprint density at radius 2 is 1.45 bits per heavy atom. The maximum Gasteiger partial charge on any atom is 0.0768 e. The number of hydrogen-bond donors (Lipinski definition) is 3. The Balaban J connectivity index is 0. The molecule has 0 aliphatic rings. The normalized spacial score (nSPS) is 14.7. The third-order valence-corrected chi connectivity index (χ3v) is 1.27. The van der Waals surface area contributed by atoms with Crippen molar-refractivity contribution in [2.75, 3.05) is 6.61 Å². The Kier molecular flexibility index (Phi) is 12.1. The molecule has 0 aliphatic heterocycles. The maximum absolute atomic E-state index is 8.42. The van der Waals surface area contributed by atoms with Gasteiger partial charge in [-0.2, -0.15) is 0 Å². The van der Waals surface area contributed by atoms with Gasteiger partial charge in [-0.15, -0.1) is 0 Å². The third kappa shape index (κ3) is 17.7. The van der Waals surface area contributed by atoms with E-state index in [1.54, 1.807) is 6.92 Å². The quantitative estimate of drug-likeness (QED) is 0.570. The second-order valence-electron chi connectivity index (χ2n) is 2.50. The first-order valence-corrected chi connectivity index (χ1v) is 4.05. The summed E-state index contributed by atoms with van der Waals surface area (Å²) in [5, 5.41) is 24.9. The van der Waals surface area contributed by atoms with E-state index < -0.39 is 6.10 Å². The zero-order chi connectivity index (χ0) is 9.28. The molecule has 0 aromatic carbocycles. The van der Waals surface area contributed by atoms with Crippen LogP contribution < -0.4 is 0 Å². The summed E-state index contributed by atoms with van der Waals surface area (Å²) in [6.45, 7) is 5.43. The van der Waals surface area contributed by atoms with Gasteiger partial charge in [-0.3, -0.25) is 0 Å². The summed E-state index contributed by atoms with van der Waals surface area (Å²) >= 11 is 0. The van der Waals surface area contributed by atoms with E-state index in [1.165, 1.54) is 0 Å². The Labute approximate surface area is 68.7 Å². The SMILES string of the molecule is CCC(C)O.CCC(O)CO. The highest BCUT2D eigenvalue weighted by Gasteiger charge is 1.92. The van der Waals surface area contributed by atoms with Gasteiger partial charge in [-0.1, -0.05) is 13.8 Å². The lowest BCUT2D eigenvalue weighted by Gasteiger charge is -1.97. The van der Waals surface area contributed by atoms with Crippen LogP contribution in [0, 0.1) is 0 Å². The van der Waals surface area contributed by atoms with Crippen LogP contribution in [0.1, 0.15) is 33.6 Å². The lowest BCUT2D eigenvalue weighted by Crippen LogP contribution is -2.08. The van der Waals surface area contributed by atoms with E-state index in [9.17, 15) is 0 Å². The van der Waals surface area contributed by atoms with Crippen LogP contribution in [0.4, 0.5) is 0 Å². The molecule has 0 aromatic rings. The molecule has 0 radical (unpaired) electrons. The molecule has 0 spiro atoms. The van der Waals surface area contributed by atoms with E-state index in [1.807, 2.05) is 13.8 Å². The molecule has 3 N–H and O–H groups in total. The van der Waals surface area contributed by atoms with Gasteiger partial charge < -0.3 is 15.3 Å². The molecule has 0 rings (SSSR count). The molecule has 0 saturated heterocycles. The highest BCUT2D eigenvalue weighted by molar-refractivity contribution is 4.43. The van der Waals surface area contributed by atoms with Crippen molar-refractivity contribution in [1.82, 2.24) is 0 Å². The second kappa shape index (κ2) is 9.88. The minimum absolute atomic E-state index is 0.115. The van der Waals surface area contributed by atoms with Gasteiger partial charge in [0.15, 0.2) is 0 Å². The molecule has 0 aromatic heterocycles. The molecular weight excluding hydrogens is 144 g/mol. The average molecular weight is 164 g/mol. The largest absolute Gasteiger partial charge is 0.394 e. The van der Waals surface area contributed by atoms with Crippen molar-refractivity contribution in [1.29, 1.82) is 0 Å². The van der Waals surface area contributed by atoms with Gasteiger partial charge >= 0.3 is 0 Å². The Hall–Kier alpha value is -0.120. The maximum atomic E-state index is 8.42. The molecule has 70 valence electrons. The van der Waals surface area contributed by atoms with E-state index in [4.69, 9.17) is 15.3 Å². The molecule has 11 heavy (non-hydrogen) atoms. The van der Waals surface area contributed by atoms with Crippen LogP contribution in [0.2, 0.25) is 0 Å². The van der Waals surface area contributed by atoms with E-state index in [-0.39, 0.29) is 12.7 Å². The second-order valence-corrected chi connectivity index (χ2v) is 2.50. The Bertz CT molecular complexity index is 60.4. The van der Waals surface area contributed by atoms with Crippen molar-refractivity contribution in [3.63, 3.8) is 0 Å². The lowest BCUT2D eigenvalue weighted by atomic mass is 10.3. The number of rotatable bonds is 3. The smallest absolute Gasteiger partial charge is 0.0768 e. The molecule has 0 bridgehead atoms. The summed E-state index contributed by atoms with van der Waals surface area (Å²) in [4.78, 5) is 0. The summed E-state index contributed by atoms with van der Waals surface area (Å²) in [5.74, 6) is 0. The monoisotopic (exact) mass is 164 g/mol. The fourth-order valence-electron chi connectivity index (χ4n) is 0.129. The van der Waals surface area contributed by atoms with Gasteiger partial charge in [0.05, 0.1) is 18.8 Å². The van der Waals surface area contributed by atoms with E-state index in [0.29, 0.717) is 6.42 Å². The molecule has 0 fully saturated rings. The van der Waals surface area contributed by atoms with Gasteiger partial charge in [0.2, 0.25) is 0 Å². The number of aliphatic hydroxyl groups is 3. The van der Waals surface area contributed by atoms with Crippen LogP contribution >= 0.6 is 0 Å². The third-order valence-electron chi connectivity index (χ3n) is 1.27. The standard InChI is InChI=1S/C4H10O2.C4H10O/c1-2-4(6)3-5;1-3-4(2)5/h4-6H,2-3H2,1H3;4-5H,3H2,1-2H3. The first-order valence-electron chi connectivity index (χ1n) is 4.05. The number of hydrogen-bond acceptors (Lipinski definition) is 3. The lowest BCUT2D eigenvalue weighted by molar-refractivity contribution is 0.0923. The van der Waals surface area contributed by atoms with Crippen LogP contribution in [0.5, 0.6) is 0 Å². The minimum Gasteiger partial charge on any atom is -0.394 e. The summed E-state index contributed by atoms with van der Waals surface area (Å²) in [6.07, 6.45) is 0.872. The Morgan fingerprint density at radius 3 is 1.45 bits per heavy atom. The fourth-order valence-corrected chi connectivity index (χ4v) is 0.129. The zero-order valence-electron chi connectivity index (χ0n) is 7.62. The molecule has 0 saturated carbocycles. The predicted molar refractivity (Wildman–Crippen MR) is 45.4 cm³/mol. The van der Waals surface area contributed by atoms with E-state index in [0.717, 1.165) is 6.42 Å². The van der Waals surface area contributed by atoms with Crippen molar-refractivity contribution >= 4 is 0 Å². The van der Waals surface area contributed by atoms with Crippen LogP contribution in [0.25, 0.3) is 0 Å². The highest BCUT2D eigenvalue weighted by atomic mass is 16.3. The summed E-state index contributed by atoms with van der Waals surface area (Å²) in [6, 6.07) is 0. The summed E-state index contributed by atoms with van der Waals surface area (Å²) < 4.78 is 0.